The van der Waals surface area contributed by atoms with Crippen LogP contribution in [-0.2, 0) is 6.42 Å². The maximum Gasteiger partial charge on any atom is 0.135 e. The minimum Gasteiger partial charge on any atom is -1.00 e. The van der Waals surface area contributed by atoms with E-state index in [-0.39, 0.29) is 12.4 Å². The Labute approximate surface area is 167 Å². The van der Waals surface area contributed by atoms with Gasteiger partial charge in [-0.25, -0.2) is 0 Å². The van der Waals surface area contributed by atoms with E-state index in [2.05, 4.69) is 86.7 Å². The molecule has 0 saturated carbocycles. The van der Waals surface area contributed by atoms with Crippen LogP contribution in [0.15, 0.2) is 66.7 Å². The largest absolute Gasteiger partial charge is 1.00 e. The average molecular weight is 376 g/mol. The number of benzene rings is 3. The fraction of sp³-hybridized carbons (Fsp3) is 0.200. The van der Waals surface area contributed by atoms with Crippen molar-refractivity contribution in [3.05, 3.63) is 93.9 Å². The summed E-state index contributed by atoms with van der Waals surface area (Å²) < 4.78 is 6.36. The molecule has 1 aliphatic heterocycles. The van der Waals surface area contributed by atoms with Crippen molar-refractivity contribution in [3.63, 3.8) is 0 Å². The minimum absolute atomic E-state index is 0. The van der Waals surface area contributed by atoms with Crippen LogP contribution in [0, 0.1) is 0 Å². The molecule has 0 spiro atoms. The Kier molecular flexibility index (Phi) is 6.03. The van der Waals surface area contributed by atoms with E-state index in [0.29, 0.717) is 0 Å². The fourth-order valence-corrected chi connectivity index (χ4v) is 3.67. The summed E-state index contributed by atoms with van der Waals surface area (Å²) >= 11 is 0. The molecule has 27 heavy (non-hydrogen) atoms. The summed E-state index contributed by atoms with van der Waals surface area (Å²) in [7, 11) is 0. The zero-order chi connectivity index (χ0) is 17.9. The summed E-state index contributed by atoms with van der Waals surface area (Å²) in [5.41, 5.74) is 5.00. The fourth-order valence-electron chi connectivity index (χ4n) is 3.67. The highest BCUT2D eigenvalue weighted by molar-refractivity contribution is 5.85. The first kappa shape index (κ1) is 19.3. The predicted molar refractivity (Wildman–Crippen MR) is 109 cm³/mol. The first-order valence-electron chi connectivity index (χ1n) is 9.51. The molecular formula is C25H24ClO-. The average Bonchev–Trinajstić information content (AvgIpc) is 2.67. The molecule has 0 atom stereocenters. The highest BCUT2D eigenvalue weighted by atomic mass is 35.5. The Morgan fingerprint density at radius 2 is 1.67 bits per heavy atom. The zero-order valence-corrected chi connectivity index (χ0v) is 16.6. The third kappa shape index (κ3) is 3.79. The first-order valence-corrected chi connectivity index (χ1v) is 9.51. The summed E-state index contributed by atoms with van der Waals surface area (Å²) in [6.45, 7) is 4.37. The van der Waals surface area contributed by atoms with Crippen molar-refractivity contribution in [2.24, 2.45) is 0 Å². The number of ether oxygens (including phenoxy) is 1. The molecule has 0 aromatic heterocycles. The number of rotatable bonds is 4. The van der Waals surface area contributed by atoms with Gasteiger partial charge in [-0.1, -0.05) is 74.9 Å². The highest BCUT2D eigenvalue weighted by Crippen LogP contribution is 2.36. The summed E-state index contributed by atoms with van der Waals surface area (Å²) in [5.74, 6) is 1.92. The molecule has 1 aliphatic rings. The second kappa shape index (κ2) is 8.45. The van der Waals surface area contributed by atoms with Crippen molar-refractivity contribution in [2.45, 2.75) is 33.1 Å². The van der Waals surface area contributed by atoms with E-state index >= 15 is 0 Å². The molecule has 1 heterocycles. The van der Waals surface area contributed by atoms with Crippen LogP contribution in [0.25, 0.3) is 11.6 Å². The molecule has 0 N–H and O–H groups in total. The van der Waals surface area contributed by atoms with E-state index in [1.165, 1.54) is 32.7 Å². The van der Waals surface area contributed by atoms with Crippen molar-refractivity contribution in [2.75, 3.05) is 0 Å². The Bertz CT molecular complexity index is 1050. The Balaban J connectivity index is 0.00000210. The maximum atomic E-state index is 6.36. The van der Waals surface area contributed by atoms with Crippen molar-refractivity contribution < 1.29 is 17.1 Å². The van der Waals surface area contributed by atoms with Gasteiger partial charge >= 0.3 is 0 Å². The van der Waals surface area contributed by atoms with Crippen molar-refractivity contribution in [1.29, 1.82) is 0 Å². The minimum atomic E-state index is 0. The quantitative estimate of drug-likeness (QED) is 0.531. The molecule has 138 valence electrons. The van der Waals surface area contributed by atoms with Gasteiger partial charge in [0.15, 0.2) is 0 Å². The number of hydrogen-bond acceptors (Lipinski definition) is 1. The van der Waals surface area contributed by atoms with E-state index in [0.717, 1.165) is 30.8 Å². The molecule has 1 nitrogen and oxygen atoms in total. The smallest absolute Gasteiger partial charge is 0.135 e. The van der Waals surface area contributed by atoms with Crippen LogP contribution in [0.5, 0.6) is 11.5 Å². The predicted octanol–water partition coefficient (Wildman–Crippen LogP) is 2.19. The topological polar surface area (TPSA) is 9.23 Å². The van der Waals surface area contributed by atoms with Gasteiger partial charge in [0.25, 0.3) is 0 Å². The number of aryl methyl sites for hydroxylation is 1. The normalized spacial score (nSPS) is 12.7. The van der Waals surface area contributed by atoms with Gasteiger partial charge in [0.1, 0.15) is 11.5 Å². The highest BCUT2D eigenvalue weighted by Gasteiger charge is 2.20. The molecule has 0 amide bonds. The molecule has 4 rings (SSSR count). The summed E-state index contributed by atoms with van der Waals surface area (Å²) in [6, 6.07) is 23.8. The lowest BCUT2D eigenvalue weighted by atomic mass is 9.91. The van der Waals surface area contributed by atoms with Crippen LogP contribution >= 0.6 is 0 Å². The lowest BCUT2D eigenvalue weighted by Gasteiger charge is -2.22. The monoisotopic (exact) mass is 375 g/mol. The van der Waals surface area contributed by atoms with Crippen molar-refractivity contribution in [3.8, 4) is 11.5 Å². The van der Waals surface area contributed by atoms with Crippen LogP contribution in [0.2, 0.25) is 0 Å². The summed E-state index contributed by atoms with van der Waals surface area (Å²) in [4.78, 5) is 0. The molecule has 2 heteroatoms. The van der Waals surface area contributed by atoms with E-state index in [1.54, 1.807) is 0 Å². The molecule has 0 unspecified atom stereocenters. The third-order valence-corrected chi connectivity index (χ3v) is 4.85. The lowest BCUT2D eigenvalue weighted by molar-refractivity contribution is -0.00000571. The van der Waals surface area contributed by atoms with Crippen LogP contribution in [0.4, 0.5) is 0 Å². The van der Waals surface area contributed by atoms with Crippen LogP contribution in [0.1, 0.15) is 43.4 Å². The van der Waals surface area contributed by atoms with Crippen LogP contribution < -0.4 is 27.6 Å². The van der Waals surface area contributed by atoms with Gasteiger partial charge in [-0.3, -0.25) is 0 Å². The van der Waals surface area contributed by atoms with Gasteiger partial charge in [0.05, 0.1) is 0 Å². The standard InChI is InChI=1S/C25H24O.ClH/c1-3-8-18-12-14-21-23(16-18)26-24-17-19(9-4-2)13-15-22(24)25(21)20-10-6-5-7-11-20;/h5-8,10-17H,3-4,9H2,1-2H3;1H/p-1/b18-8+;. The van der Waals surface area contributed by atoms with E-state index < -0.39 is 0 Å². The molecule has 0 saturated heterocycles. The Morgan fingerprint density at radius 3 is 2.41 bits per heavy atom. The van der Waals surface area contributed by atoms with Crippen molar-refractivity contribution in [1.82, 2.24) is 0 Å². The number of fused-ring (bicyclic) bond motifs is 2. The maximum absolute atomic E-state index is 6.36. The molecule has 3 aromatic carbocycles. The zero-order valence-electron chi connectivity index (χ0n) is 15.8. The second-order valence-electron chi connectivity index (χ2n) is 6.79. The number of halogens is 1. The molecule has 3 aromatic rings. The SMILES string of the molecule is CC/C=c1\ccc2c(c1)Oc1cc(CCC)ccc1C=2c1ccccc1.[Cl-]. The number of hydrogen-bond donors (Lipinski definition) is 0. The van der Waals surface area contributed by atoms with E-state index in [1.807, 2.05) is 0 Å². The molecule has 0 aliphatic carbocycles. The van der Waals surface area contributed by atoms with Crippen LogP contribution in [-0.4, -0.2) is 0 Å². The lowest BCUT2D eigenvalue weighted by Crippen LogP contribution is -3.00. The van der Waals surface area contributed by atoms with Crippen molar-refractivity contribution >= 4 is 11.6 Å². The van der Waals surface area contributed by atoms with Gasteiger partial charge < -0.3 is 17.1 Å². The van der Waals surface area contributed by atoms with Gasteiger partial charge in [-0.2, -0.15) is 0 Å². The van der Waals surface area contributed by atoms with Gasteiger partial charge in [0, 0.05) is 16.4 Å². The first-order chi connectivity index (χ1) is 12.8. The molecule has 0 radical (unpaired) electrons. The van der Waals surface area contributed by atoms with Gasteiger partial charge in [0.2, 0.25) is 0 Å². The molecule has 0 bridgehead atoms. The molecule has 0 fully saturated rings. The van der Waals surface area contributed by atoms with Gasteiger partial charge in [-0.15, -0.1) is 0 Å². The third-order valence-electron chi connectivity index (χ3n) is 4.85. The van der Waals surface area contributed by atoms with Gasteiger partial charge in [-0.05, 0) is 47.4 Å². The summed E-state index contributed by atoms with van der Waals surface area (Å²) in [5, 5.41) is 2.38. The Morgan fingerprint density at radius 1 is 0.852 bits per heavy atom. The Hall–Kier alpha value is -2.51. The summed E-state index contributed by atoms with van der Waals surface area (Å²) in [6.07, 6.45) is 5.47. The van der Waals surface area contributed by atoms with E-state index in [9.17, 15) is 0 Å². The second-order valence-corrected chi connectivity index (χ2v) is 6.79. The van der Waals surface area contributed by atoms with E-state index in [4.69, 9.17) is 4.74 Å². The van der Waals surface area contributed by atoms with Crippen LogP contribution in [0.3, 0.4) is 0 Å². The molecular weight excluding hydrogens is 352 g/mol.